The lowest BCUT2D eigenvalue weighted by molar-refractivity contribution is 0.101. The number of hydrogen-bond donors (Lipinski definition) is 2. The number of aromatic nitrogens is 2. The molecule has 2 aromatic carbocycles. The van der Waals surface area contributed by atoms with Gasteiger partial charge < -0.3 is 10.6 Å². The lowest BCUT2D eigenvalue weighted by Gasteiger charge is -2.07. The van der Waals surface area contributed by atoms with Crippen molar-refractivity contribution >= 4 is 23.2 Å². The van der Waals surface area contributed by atoms with Gasteiger partial charge in [-0.25, -0.2) is 4.79 Å². The van der Waals surface area contributed by atoms with Gasteiger partial charge in [0.1, 0.15) is 0 Å². The molecule has 3 aromatic rings. The maximum Gasteiger partial charge on any atom is 0.323 e. The van der Waals surface area contributed by atoms with Gasteiger partial charge in [-0.2, -0.15) is 5.10 Å². The molecule has 6 nitrogen and oxygen atoms in total. The molecule has 126 valence electrons. The van der Waals surface area contributed by atoms with E-state index in [1.54, 1.807) is 41.3 Å². The molecule has 0 unspecified atom stereocenters. The van der Waals surface area contributed by atoms with E-state index >= 15 is 0 Å². The number of ketones is 1. The number of Topliss-reactive ketones (excluding diaryl/α,β-unsaturated/α-hetero) is 1. The van der Waals surface area contributed by atoms with Gasteiger partial charge in [-0.1, -0.05) is 42.5 Å². The van der Waals surface area contributed by atoms with Crippen molar-refractivity contribution in [2.45, 2.75) is 13.5 Å². The van der Waals surface area contributed by atoms with E-state index in [9.17, 15) is 9.59 Å². The van der Waals surface area contributed by atoms with E-state index in [0.29, 0.717) is 23.5 Å². The van der Waals surface area contributed by atoms with E-state index in [1.165, 1.54) is 6.92 Å². The maximum absolute atomic E-state index is 12.1. The molecule has 0 saturated carbocycles. The first kappa shape index (κ1) is 16.4. The predicted octanol–water partition coefficient (Wildman–Crippen LogP) is 3.78. The van der Waals surface area contributed by atoms with Crippen molar-refractivity contribution in [2.24, 2.45) is 0 Å². The van der Waals surface area contributed by atoms with Gasteiger partial charge in [0.15, 0.2) is 5.78 Å². The maximum atomic E-state index is 12.1. The lowest BCUT2D eigenvalue weighted by atomic mass is 10.1. The van der Waals surface area contributed by atoms with Crippen LogP contribution < -0.4 is 10.6 Å². The third kappa shape index (κ3) is 4.54. The summed E-state index contributed by atoms with van der Waals surface area (Å²) >= 11 is 0. The summed E-state index contributed by atoms with van der Waals surface area (Å²) in [4.78, 5) is 23.5. The predicted molar refractivity (Wildman–Crippen MR) is 96.9 cm³/mol. The third-order valence-corrected chi connectivity index (χ3v) is 3.61. The van der Waals surface area contributed by atoms with E-state index in [4.69, 9.17) is 0 Å². The highest BCUT2D eigenvalue weighted by molar-refractivity contribution is 6.01. The Morgan fingerprint density at radius 3 is 2.52 bits per heavy atom. The fourth-order valence-electron chi connectivity index (χ4n) is 2.39. The Kier molecular flexibility index (Phi) is 4.89. The summed E-state index contributed by atoms with van der Waals surface area (Å²) in [7, 11) is 0. The summed E-state index contributed by atoms with van der Waals surface area (Å²) in [5.74, 6) is -0.0498. The van der Waals surface area contributed by atoms with E-state index in [2.05, 4.69) is 15.7 Å². The number of hydrogen-bond acceptors (Lipinski definition) is 3. The molecule has 1 heterocycles. The van der Waals surface area contributed by atoms with Crippen LogP contribution in [0.15, 0.2) is 67.0 Å². The van der Waals surface area contributed by atoms with E-state index in [1.807, 2.05) is 30.3 Å². The zero-order valence-electron chi connectivity index (χ0n) is 13.8. The number of nitrogens with zero attached hydrogens (tertiary/aromatic N) is 2. The second kappa shape index (κ2) is 7.44. The number of anilines is 2. The first-order valence-corrected chi connectivity index (χ1v) is 7.85. The van der Waals surface area contributed by atoms with Crippen molar-refractivity contribution in [1.29, 1.82) is 0 Å². The Hall–Kier alpha value is -3.41. The molecule has 2 N–H and O–H groups in total. The van der Waals surface area contributed by atoms with Gasteiger partial charge in [0.25, 0.3) is 0 Å². The molecule has 1 aromatic heterocycles. The van der Waals surface area contributed by atoms with E-state index < -0.39 is 0 Å². The fourth-order valence-corrected chi connectivity index (χ4v) is 2.39. The Bertz CT molecular complexity index is 887. The monoisotopic (exact) mass is 334 g/mol. The Morgan fingerprint density at radius 2 is 1.76 bits per heavy atom. The molecule has 0 aliphatic rings. The van der Waals surface area contributed by atoms with Crippen LogP contribution in [-0.2, 0) is 6.54 Å². The molecule has 3 rings (SSSR count). The molecule has 0 aliphatic carbocycles. The highest BCUT2D eigenvalue weighted by Gasteiger charge is 2.07. The number of urea groups is 1. The van der Waals surface area contributed by atoms with Crippen LogP contribution in [0.2, 0.25) is 0 Å². The van der Waals surface area contributed by atoms with Crippen molar-refractivity contribution in [3.05, 3.63) is 78.1 Å². The summed E-state index contributed by atoms with van der Waals surface area (Å²) in [5.41, 5.74) is 2.83. The number of amides is 2. The zero-order chi connectivity index (χ0) is 17.6. The minimum atomic E-state index is -0.389. The molecule has 0 fully saturated rings. The first-order valence-electron chi connectivity index (χ1n) is 7.85. The van der Waals surface area contributed by atoms with Crippen molar-refractivity contribution < 1.29 is 9.59 Å². The Balaban J connectivity index is 1.60. The van der Waals surface area contributed by atoms with Crippen molar-refractivity contribution in [1.82, 2.24) is 9.78 Å². The average Bonchev–Trinajstić information content (AvgIpc) is 3.02. The topological polar surface area (TPSA) is 76.0 Å². The lowest BCUT2D eigenvalue weighted by Crippen LogP contribution is -2.19. The van der Waals surface area contributed by atoms with Gasteiger partial charge in [-0.05, 0) is 24.6 Å². The largest absolute Gasteiger partial charge is 0.323 e. The summed E-state index contributed by atoms with van der Waals surface area (Å²) in [6, 6.07) is 16.4. The van der Waals surface area contributed by atoms with Gasteiger partial charge >= 0.3 is 6.03 Å². The minimum Gasteiger partial charge on any atom is -0.308 e. The van der Waals surface area contributed by atoms with Crippen molar-refractivity contribution in [2.75, 3.05) is 10.6 Å². The van der Waals surface area contributed by atoms with Crippen molar-refractivity contribution in [3.63, 3.8) is 0 Å². The molecule has 0 radical (unpaired) electrons. The third-order valence-electron chi connectivity index (χ3n) is 3.61. The van der Waals surface area contributed by atoms with Crippen LogP contribution in [-0.4, -0.2) is 21.6 Å². The van der Waals surface area contributed by atoms with Gasteiger partial charge in [0.2, 0.25) is 0 Å². The van der Waals surface area contributed by atoms with Crippen LogP contribution in [0.25, 0.3) is 0 Å². The minimum absolute atomic E-state index is 0.0498. The second-order valence-electron chi connectivity index (χ2n) is 5.63. The smallest absolute Gasteiger partial charge is 0.308 e. The molecule has 2 amide bonds. The summed E-state index contributed by atoms with van der Waals surface area (Å²) in [5, 5.41) is 9.67. The molecule has 0 aliphatic heterocycles. The average molecular weight is 334 g/mol. The van der Waals surface area contributed by atoms with E-state index in [-0.39, 0.29) is 11.8 Å². The van der Waals surface area contributed by atoms with Gasteiger partial charge in [0.05, 0.1) is 18.4 Å². The quantitative estimate of drug-likeness (QED) is 0.697. The zero-order valence-corrected chi connectivity index (χ0v) is 13.8. The normalized spacial score (nSPS) is 10.3. The van der Waals surface area contributed by atoms with Crippen LogP contribution in [0.3, 0.4) is 0 Å². The molecular formula is C19H18N4O2. The standard InChI is InChI=1S/C19H18N4O2/c1-14(24)16-8-5-9-17(10-16)21-19(25)22-18-11-20-23(13-18)12-15-6-3-2-4-7-15/h2-11,13H,12H2,1H3,(H2,21,22,25). The first-order chi connectivity index (χ1) is 12.1. The van der Waals surface area contributed by atoms with Crippen LogP contribution in [0.4, 0.5) is 16.2 Å². The number of carbonyl (C=O) groups is 2. The summed E-state index contributed by atoms with van der Waals surface area (Å²) in [6.07, 6.45) is 3.35. The second-order valence-corrected chi connectivity index (χ2v) is 5.63. The number of benzene rings is 2. The summed E-state index contributed by atoms with van der Waals surface area (Å²) < 4.78 is 1.75. The number of nitrogens with one attached hydrogen (secondary N) is 2. The molecule has 0 bridgehead atoms. The fraction of sp³-hybridized carbons (Fsp3) is 0.105. The Morgan fingerprint density at radius 1 is 1.00 bits per heavy atom. The molecular weight excluding hydrogens is 316 g/mol. The highest BCUT2D eigenvalue weighted by atomic mass is 16.2. The SMILES string of the molecule is CC(=O)c1cccc(NC(=O)Nc2cnn(Cc3ccccc3)c2)c1. The number of carbonyl (C=O) groups excluding carboxylic acids is 2. The Labute approximate surface area is 145 Å². The van der Waals surface area contributed by atoms with Crippen LogP contribution >= 0.6 is 0 Å². The van der Waals surface area contributed by atoms with Gasteiger partial charge in [-0.3, -0.25) is 9.48 Å². The van der Waals surface area contributed by atoms with Crippen LogP contribution in [0.5, 0.6) is 0 Å². The summed E-state index contributed by atoms with van der Waals surface area (Å²) in [6.45, 7) is 2.12. The van der Waals surface area contributed by atoms with Gasteiger partial charge in [-0.15, -0.1) is 0 Å². The van der Waals surface area contributed by atoms with Crippen LogP contribution in [0, 0.1) is 0 Å². The molecule has 25 heavy (non-hydrogen) atoms. The van der Waals surface area contributed by atoms with Crippen LogP contribution in [0.1, 0.15) is 22.8 Å². The molecule has 0 spiro atoms. The van der Waals surface area contributed by atoms with Gasteiger partial charge in [0, 0.05) is 17.4 Å². The van der Waals surface area contributed by atoms with E-state index in [0.717, 1.165) is 5.56 Å². The molecule has 0 saturated heterocycles. The number of rotatable bonds is 5. The molecule has 6 heteroatoms. The highest BCUT2D eigenvalue weighted by Crippen LogP contribution is 2.13. The molecule has 0 atom stereocenters. The van der Waals surface area contributed by atoms with Crippen molar-refractivity contribution in [3.8, 4) is 0 Å².